The van der Waals surface area contributed by atoms with Crippen LogP contribution in [0.2, 0.25) is 0 Å². The van der Waals surface area contributed by atoms with Crippen molar-refractivity contribution in [3.8, 4) is 0 Å². The number of aryl methyl sites for hydroxylation is 1. The van der Waals surface area contributed by atoms with E-state index in [9.17, 15) is 8.42 Å². The van der Waals surface area contributed by atoms with Gasteiger partial charge in [0.05, 0.1) is 4.90 Å². The van der Waals surface area contributed by atoms with Crippen LogP contribution >= 0.6 is 11.8 Å². The summed E-state index contributed by atoms with van der Waals surface area (Å²) in [6, 6.07) is 14.1. The van der Waals surface area contributed by atoms with Crippen LogP contribution in [-0.4, -0.2) is 19.9 Å². The van der Waals surface area contributed by atoms with Gasteiger partial charge in [-0.05, 0) is 78.6 Å². The van der Waals surface area contributed by atoms with Crippen LogP contribution in [0.1, 0.15) is 34.7 Å². The molecule has 0 unspecified atom stereocenters. The van der Waals surface area contributed by atoms with Gasteiger partial charge in [-0.25, -0.2) is 13.1 Å². The second-order valence-corrected chi connectivity index (χ2v) is 10.3. The lowest BCUT2D eigenvalue weighted by Crippen LogP contribution is -2.27. The van der Waals surface area contributed by atoms with Crippen LogP contribution in [0.3, 0.4) is 0 Å². The Bertz CT molecular complexity index is 1160. The molecule has 0 saturated carbocycles. The molecular weight excluding hydrogens is 412 g/mol. The molecule has 2 aromatic carbocycles. The third-order valence-corrected chi connectivity index (χ3v) is 8.44. The number of sulfonamides is 1. The van der Waals surface area contributed by atoms with Gasteiger partial charge in [0.1, 0.15) is 0 Å². The Balaban J connectivity index is 1.66. The molecule has 0 bridgehead atoms. The molecule has 30 heavy (non-hydrogen) atoms. The van der Waals surface area contributed by atoms with Gasteiger partial charge in [-0.2, -0.15) is 0 Å². The van der Waals surface area contributed by atoms with E-state index in [0.29, 0.717) is 17.9 Å². The van der Waals surface area contributed by atoms with E-state index in [1.165, 1.54) is 21.6 Å². The molecule has 2 heterocycles. The van der Waals surface area contributed by atoms with Crippen LogP contribution in [0.4, 0.5) is 0 Å². The molecule has 1 N–H and O–H groups in total. The predicted molar refractivity (Wildman–Crippen MR) is 122 cm³/mol. The highest BCUT2D eigenvalue weighted by Gasteiger charge is 2.25. The van der Waals surface area contributed by atoms with Gasteiger partial charge >= 0.3 is 0 Å². The van der Waals surface area contributed by atoms with Gasteiger partial charge in [-0.15, -0.1) is 0 Å². The summed E-state index contributed by atoms with van der Waals surface area (Å²) < 4.78 is 29.2. The molecule has 4 nitrogen and oxygen atoms in total. The first-order valence-electron chi connectivity index (χ1n) is 10.3. The summed E-state index contributed by atoms with van der Waals surface area (Å²) in [6.45, 7) is 4.40. The van der Waals surface area contributed by atoms with E-state index in [1.54, 1.807) is 24.2 Å². The van der Waals surface area contributed by atoms with Gasteiger partial charge in [0.2, 0.25) is 10.0 Å². The molecule has 0 saturated heterocycles. The molecule has 0 fully saturated rings. The molecular formula is C24H26N2O2S2. The topological polar surface area (TPSA) is 59.1 Å². The second kappa shape index (κ2) is 8.92. The van der Waals surface area contributed by atoms with Gasteiger partial charge in [0.25, 0.3) is 0 Å². The van der Waals surface area contributed by atoms with E-state index < -0.39 is 10.0 Å². The first kappa shape index (κ1) is 21.1. The molecule has 0 amide bonds. The van der Waals surface area contributed by atoms with E-state index in [-0.39, 0.29) is 0 Å². The summed E-state index contributed by atoms with van der Waals surface area (Å²) in [5.41, 5.74) is 5.68. The number of hydrogen-bond donors (Lipinski definition) is 1. The molecule has 1 aromatic heterocycles. The van der Waals surface area contributed by atoms with Gasteiger partial charge < -0.3 is 0 Å². The van der Waals surface area contributed by atoms with E-state index in [2.05, 4.69) is 34.8 Å². The Morgan fingerprint density at radius 1 is 1.10 bits per heavy atom. The van der Waals surface area contributed by atoms with Crippen LogP contribution < -0.4 is 4.72 Å². The Hall–Kier alpha value is -2.15. The van der Waals surface area contributed by atoms with Gasteiger partial charge in [0, 0.05) is 28.7 Å². The molecule has 0 radical (unpaired) electrons. The van der Waals surface area contributed by atoms with Gasteiger partial charge in [-0.1, -0.05) is 43.0 Å². The third kappa shape index (κ3) is 4.31. The fourth-order valence-corrected chi connectivity index (χ4v) is 6.71. The summed E-state index contributed by atoms with van der Waals surface area (Å²) in [7, 11) is -3.60. The smallest absolute Gasteiger partial charge is 0.240 e. The number of rotatable bonds is 6. The maximum absolute atomic E-state index is 13.2. The molecule has 0 spiro atoms. The lowest BCUT2D eigenvalue weighted by atomic mass is 9.95. The molecule has 4 rings (SSSR count). The molecule has 1 aliphatic rings. The fourth-order valence-electron chi connectivity index (χ4n) is 4.10. The van der Waals surface area contributed by atoms with Gasteiger partial charge in [-0.3, -0.25) is 4.98 Å². The second-order valence-electron chi connectivity index (χ2n) is 7.53. The minimum Gasteiger partial charge on any atom is -0.264 e. The average molecular weight is 439 g/mol. The van der Waals surface area contributed by atoms with Crippen LogP contribution in [0.15, 0.2) is 69.5 Å². The molecule has 1 aliphatic heterocycles. The van der Waals surface area contributed by atoms with E-state index in [0.717, 1.165) is 35.3 Å². The monoisotopic (exact) mass is 438 g/mol. The number of pyridine rings is 1. The van der Waals surface area contributed by atoms with E-state index in [4.69, 9.17) is 0 Å². The highest BCUT2D eigenvalue weighted by molar-refractivity contribution is 7.99. The Labute approximate surface area is 183 Å². The zero-order chi connectivity index (χ0) is 21.1. The first-order valence-corrected chi connectivity index (χ1v) is 12.6. The zero-order valence-corrected chi connectivity index (χ0v) is 18.9. The van der Waals surface area contributed by atoms with Crippen LogP contribution in [0, 0.1) is 6.92 Å². The van der Waals surface area contributed by atoms with Crippen molar-refractivity contribution in [2.45, 2.75) is 54.2 Å². The van der Waals surface area contributed by atoms with Crippen LogP contribution in [0.5, 0.6) is 0 Å². The van der Waals surface area contributed by atoms with Crippen molar-refractivity contribution >= 4 is 21.8 Å². The maximum atomic E-state index is 13.2. The number of hydrogen-bond acceptors (Lipinski definition) is 4. The lowest BCUT2D eigenvalue weighted by Gasteiger charge is -2.18. The van der Waals surface area contributed by atoms with Crippen molar-refractivity contribution in [1.82, 2.24) is 9.71 Å². The van der Waals surface area contributed by atoms with Crippen molar-refractivity contribution in [2.24, 2.45) is 0 Å². The van der Waals surface area contributed by atoms with E-state index >= 15 is 0 Å². The van der Waals surface area contributed by atoms with Gasteiger partial charge in [0.15, 0.2) is 0 Å². The summed E-state index contributed by atoms with van der Waals surface area (Å²) in [5.74, 6) is 0. The Kier molecular flexibility index (Phi) is 6.27. The maximum Gasteiger partial charge on any atom is 0.240 e. The van der Waals surface area contributed by atoms with Crippen LogP contribution in [-0.2, 0) is 35.7 Å². The standard InChI is InChI=1S/C24H26N2O2S2/c1-3-20-17(2)24(30(27,28)26-14-12-18-7-6-13-25-16-18)15-23-21(20)11-10-19-8-4-5-9-22(19)29-23/h4-9,13,15-16,26H,3,10-12,14H2,1-2H3. The largest absolute Gasteiger partial charge is 0.264 e. The number of aromatic nitrogens is 1. The van der Waals surface area contributed by atoms with Crippen molar-refractivity contribution in [1.29, 1.82) is 0 Å². The third-order valence-electron chi connectivity index (χ3n) is 5.65. The Morgan fingerprint density at radius 3 is 2.70 bits per heavy atom. The number of nitrogens with zero attached hydrogens (tertiary/aromatic N) is 1. The zero-order valence-electron chi connectivity index (χ0n) is 17.3. The Morgan fingerprint density at radius 2 is 1.93 bits per heavy atom. The average Bonchev–Trinajstić information content (AvgIpc) is 2.93. The number of nitrogens with one attached hydrogen (secondary N) is 1. The summed E-state index contributed by atoms with van der Waals surface area (Å²) in [4.78, 5) is 6.77. The molecule has 3 aromatic rings. The highest BCUT2D eigenvalue weighted by Crippen LogP contribution is 2.41. The predicted octanol–water partition coefficient (Wildman–Crippen LogP) is 4.72. The summed E-state index contributed by atoms with van der Waals surface area (Å²) >= 11 is 1.69. The van der Waals surface area contributed by atoms with Crippen molar-refractivity contribution in [2.75, 3.05) is 6.54 Å². The SMILES string of the molecule is CCc1c(C)c(S(=O)(=O)NCCc2cccnc2)cc2c1CCc1ccccc1S2. The summed E-state index contributed by atoms with van der Waals surface area (Å²) in [6.07, 6.45) is 6.85. The highest BCUT2D eigenvalue weighted by atomic mass is 32.2. The first-order chi connectivity index (χ1) is 14.5. The summed E-state index contributed by atoms with van der Waals surface area (Å²) in [5, 5.41) is 0. The number of fused-ring (bicyclic) bond motifs is 2. The minimum absolute atomic E-state index is 0.349. The number of benzene rings is 2. The van der Waals surface area contributed by atoms with Crippen LogP contribution in [0.25, 0.3) is 0 Å². The van der Waals surface area contributed by atoms with Crippen molar-refractivity contribution in [3.05, 3.63) is 82.7 Å². The van der Waals surface area contributed by atoms with E-state index in [1.807, 2.05) is 31.2 Å². The quantitative estimate of drug-likeness (QED) is 0.605. The molecule has 156 valence electrons. The minimum atomic E-state index is -3.60. The van der Waals surface area contributed by atoms with Crippen molar-refractivity contribution < 1.29 is 8.42 Å². The molecule has 0 atom stereocenters. The lowest BCUT2D eigenvalue weighted by molar-refractivity contribution is 0.580. The molecule has 6 heteroatoms. The van der Waals surface area contributed by atoms with Crippen molar-refractivity contribution in [3.63, 3.8) is 0 Å². The normalized spacial score (nSPS) is 13.4. The molecule has 0 aliphatic carbocycles. The fraction of sp³-hybridized carbons (Fsp3) is 0.292.